The van der Waals surface area contributed by atoms with Crippen LogP contribution in [0, 0.1) is 12.3 Å². The molecule has 0 saturated carbocycles. The molecule has 0 amide bonds. The van der Waals surface area contributed by atoms with E-state index in [1.165, 1.54) is 11.6 Å². The molecule has 8 aromatic carbocycles. The number of benzene rings is 8. The first kappa shape index (κ1) is 49.2. The van der Waals surface area contributed by atoms with Gasteiger partial charge in [0.1, 0.15) is 11.6 Å². The van der Waals surface area contributed by atoms with Crippen molar-refractivity contribution >= 4 is 11.0 Å². The van der Waals surface area contributed by atoms with E-state index in [9.17, 15) is 5.11 Å². The van der Waals surface area contributed by atoms with Gasteiger partial charge in [-0.1, -0.05) is 231 Å². The lowest BCUT2D eigenvalue weighted by Crippen LogP contribution is -2.17. The Hall–Kier alpha value is -7.82. The maximum atomic E-state index is 12.9. The molecule has 0 radical (unpaired) electrons. The lowest BCUT2D eigenvalue weighted by atomic mass is 9.78. The number of pyridine rings is 1. The number of rotatable bonds is 9. The number of para-hydroxylation sites is 1. The van der Waals surface area contributed by atoms with Gasteiger partial charge >= 0.3 is 0 Å². The molecule has 2 heterocycles. The molecule has 10 aromatic rings. The minimum absolute atomic E-state index is 0.122. The molecule has 0 aliphatic rings. The topological polar surface area (TPSA) is 50.9 Å². The largest absolute Gasteiger partial charge is 0.507 e. The Bertz CT molecular complexity index is 4080. The van der Waals surface area contributed by atoms with Crippen molar-refractivity contribution in [2.45, 2.75) is 139 Å². The average molecular weight is 1060 g/mol. The first-order valence-corrected chi connectivity index (χ1v) is 28.2. The summed E-state index contributed by atoms with van der Waals surface area (Å²) < 4.78 is 45.6. The second kappa shape index (κ2) is 20.7. The molecule has 0 spiro atoms. The predicted molar refractivity (Wildman–Crippen MR) is 341 cm³/mol. The van der Waals surface area contributed by atoms with E-state index in [1.54, 1.807) is 12.1 Å². The first-order valence-electron chi connectivity index (χ1n) is 30.7. The van der Waals surface area contributed by atoms with E-state index in [4.69, 9.17) is 16.8 Å². The highest BCUT2D eigenvalue weighted by Crippen LogP contribution is 2.49. The zero-order valence-corrected chi connectivity index (χ0v) is 49.6. The van der Waals surface area contributed by atoms with Gasteiger partial charge in [0.15, 0.2) is 0 Å². The predicted octanol–water partition coefficient (Wildman–Crippen LogP) is 20.9. The SMILES string of the molecule is [2H]C([2H])([2H])c1cc(C([2H])([2H])C(C)(C)C)ccc1-c1ccc(-c2ccnc(-c3cc(-c4cccc5c4nc(-c4cc(C(C)(C)C)cc(C(C)(C)C)c4O)n5-c4c(-c5ccccc5)cc(C(C)(C)C)cc4-c4ccccc4)cc(C(C)(C)C)c3)c2)cc1. The number of aryl methyl sites for hydroxylation is 1. The second-order valence-corrected chi connectivity index (χ2v) is 27.0. The van der Waals surface area contributed by atoms with E-state index in [0.29, 0.717) is 22.5 Å². The van der Waals surface area contributed by atoms with Gasteiger partial charge < -0.3 is 5.11 Å². The molecular weight excluding hydrogens is 971 g/mol. The lowest BCUT2D eigenvalue weighted by Gasteiger charge is -2.28. The fourth-order valence-electron chi connectivity index (χ4n) is 10.8. The van der Waals surface area contributed by atoms with Crippen molar-refractivity contribution in [1.29, 1.82) is 0 Å². The van der Waals surface area contributed by atoms with Gasteiger partial charge in [-0.25, -0.2) is 4.98 Å². The summed E-state index contributed by atoms with van der Waals surface area (Å²) in [7, 11) is 0. The fourth-order valence-corrected chi connectivity index (χ4v) is 10.8. The van der Waals surface area contributed by atoms with Gasteiger partial charge in [-0.2, -0.15) is 0 Å². The van der Waals surface area contributed by atoms with Crippen molar-refractivity contribution in [2.75, 3.05) is 0 Å². The molecule has 0 fully saturated rings. The molecule has 0 unspecified atom stereocenters. The maximum absolute atomic E-state index is 12.9. The zero-order chi connectivity index (χ0) is 61.6. The number of imidazole rings is 1. The Morgan fingerprint density at radius 2 is 1.00 bits per heavy atom. The molecule has 4 nitrogen and oxygen atoms in total. The number of aromatic nitrogens is 3. The van der Waals surface area contributed by atoms with E-state index >= 15 is 0 Å². The highest BCUT2D eigenvalue weighted by molar-refractivity contribution is 6.00. The zero-order valence-electron chi connectivity index (χ0n) is 54.6. The van der Waals surface area contributed by atoms with Crippen LogP contribution in [0.1, 0.15) is 144 Å². The van der Waals surface area contributed by atoms with Crippen LogP contribution < -0.4 is 0 Å². The number of hydrogen-bond acceptors (Lipinski definition) is 3. The summed E-state index contributed by atoms with van der Waals surface area (Å²) in [4.78, 5) is 10.9. The van der Waals surface area contributed by atoms with Crippen LogP contribution in [0.25, 0.3) is 95.0 Å². The van der Waals surface area contributed by atoms with Crippen molar-refractivity contribution < 1.29 is 12.0 Å². The molecule has 0 aliphatic carbocycles. The Labute approximate surface area is 484 Å². The molecule has 10 rings (SSSR count). The Morgan fingerprint density at radius 1 is 0.450 bits per heavy atom. The van der Waals surface area contributed by atoms with Gasteiger partial charge in [-0.3, -0.25) is 9.55 Å². The molecule has 1 N–H and O–H groups in total. The molecule has 2 aromatic heterocycles. The molecule has 4 heteroatoms. The van der Waals surface area contributed by atoms with Crippen LogP contribution in [-0.4, -0.2) is 19.6 Å². The van der Waals surface area contributed by atoms with Gasteiger partial charge in [0, 0.05) is 40.9 Å². The van der Waals surface area contributed by atoms with Crippen molar-refractivity contribution in [3.63, 3.8) is 0 Å². The van der Waals surface area contributed by atoms with Gasteiger partial charge in [0.2, 0.25) is 0 Å². The van der Waals surface area contributed by atoms with Crippen LogP contribution in [0.3, 0.4) is 0 Å². The smallest absolute Gasteiger partial charge is 0.149 e. The van der Waals surface area contributed by atoms with E-state index in [2.05, 4.69) is 215 Å². The van der Waals surface area contributed by atoms with E-state index < -0.39 is 24.1 Å². The lowest BCUT2D eigenvalue weighted by molar-refractivity contribution is 0.411. The number of nitrogens with zero attached hydrogens (tertiary/aromatic N) is 3. The molecule has 80 heavy (non-hydrogen) atoms. The third kappa shape index (κ3) is 11.3. The van der Waals surface area contributed by atoms with E-state index in [1.807, 2.05) is 57.3 Å². The van der Waals surface area contributed by atoms with Gasteiger partial charge in [0.25, 0.3) is 0 Å². The summed E-state index contributed by atoms with van der Waals surface area (Å²) in [6, 6.07) is 60.5. The van der Waals surface area contributed by atoms with Crippen molar-refractivity contribution in [1.82, 2.24) is 14.5 Å². The van der Waals surface area contributed by atoms with Crippen LogP contribution in [0.5, 0.6) is 5.75 Å². The highest BCUT2D eigenvalue weighted by Gasteiger charge is 2.32. The van der Waals surface area contributed by atoms with Crippen LogP contribution in [0.2, 0.25) is 0 Å². The third-order valence-electron chi connectivity index (χ3n) is 15.3. The highest BCUT2D eigenvalue weighted by atomic mass is 16.3. The number of fused-ring (bicyclic) bond motifs is 1. The van der Waals surface area contributed by atoms with Gasteiger partial charge in [0.05, 0.1) is 28.0 Å². The minimum atomic E-state index is -2.46. The summed E-state index contributed by atoms with van der Waals surface area (Å²) in [6.45, 7) is 29.7. The fraction of sp³-hybridized carbons (Fsp3) is 0.289. The van der Waals surface area contributed by atoms with Gasteiger partial charge in [-0.15, -0.1) is 0 Å². The number of hydrogen-bond donors (Lipinski definition) is 1. The standard InChI is InChI=1S/C76H81N3O/c1-48-38-49(47-72(2,3)4)30-35-60(48)53-33-31-50(32-34-53)54-36-37-77-66(42-54)56-39-55(40-57(41-56)73(5,6)7)61-28-23-29-67-68(61)78-71(64-45-59(75(11,12)13)46-65(70(64)80)76(14,15)16)79(67)69-62(51-24-19-17-20-25-51)43-58(74(8,9)10)44-63(69)52-26-21-18-22-27-52/h17-46,80H,47H2,1-16H3/i1D3,47D2. The summed E-state index contributed by atoms with van der Waals surface area (Å²) in [6.07, 6.45) is 0.0941. The Kier molecular flexibility index (Phi) is 12.7. The molecule has 0 atom stereocenters. The summed E-state index contributed by atoms with van der Waals surface area (Å²) in [5.41, 5.74) is 17.2. The number of phenolic OH excluding ortho intramolecular Hbond substituents is 1. The second-order valence-electron chi connectivity index (χ2n) is 27.0. The van der Waals surface area contributed by atoms with Crippen LogP contribution in [0.15, 0.2) is 182 Å². The monoisotopic (exact) mass is 1060 g/mol. The maximum Gasteiger partial charge on any atom is 0.149 e. The summed E-state index contributed by atoms with van der Waals surface area (Å²) in [5.74, 6) is 0.846. The molecular formula is C76H81N3O. The van der Waals surface area contributed by atoms with Crippen LogP contribution >= 0.6 is 0 Å². The van der Waals surface area contributed by atoms with Crippen molar-refractivity contribution in [2.24, 2.45) is 5.41 Å². The molecule has 406 valence electrons. The van der Waals surface area contributed by atoms with Gasteiger partial charge in [-0.05, 0) is 156 Å². The van der Waals surface area contributed by atoms with E-state index in [-0.39, 0.29) is 27.6 Å². The quantitative estimate of drug-likeness (QED) is 0.157. The number of phenols is 1. The normalized spacial score (nSPS) is 13.9. The number of aromatic hydroxyl groups is 1. The molecule has 0 bridgehead atoms. The molecule has 0 saturated heterocycles. The van der Waals surface area contributed by atoms with Crippen LogP contribution in [-0.2, 0) is 28.0 Å². The molecule has 0 aliphatic heterocycles. The average Bonchev–Trinajstić information content (AvgIpc) is 1.81. The minimum Gasteiger partial charge on any atom is -0.507 e. The van der Waals surface area contributed by atoms with E-state index in [0.717, 1.165) is 94.7 Å². The van der Waals surface area contributed by atoms with Crippen molar-refractivity contribution in [3.8, 4) is 89.7 Å². The Morgan fingerprint density at radius 3 is 1.57 bits per heavy atom. The Balaban J connectivity index is 1.20. The first-order chi connectivity index (χ1) is 39.6. The summed E-state index contributed by atoms with van der Waals surface area (Å²) >= 11 is 0. The van der Waals surface area contributed by atoms with Crippen molar-refractivity contribution in [3.05, 3.63) is 216 Å². The summed E-state index contributed by atoms with van der Waals surface area (Å²) in [5, 5.41) is 12.9. The van der Waals surface area contributed by atoms with Crippen LogP contribution in [0.4, 0.5) is 0 Å². The third-order valence-corrected chi connectivity index (χ3v) is 15.3.